The molecule has 0 atom stereocenters. The van der Waals surface area contributed by atoms with Gasteiger partial charge in [-0.05, 0) is 41.7 Å². The van der Waals surface area contributed by atoms with Gasteiger partial charge in [-0.2, -0.15) is 0 Å². The fourth-order valence-corrected chi connectivity index (χ4v) is 2.46. The van der Waals surface area contributed by atoms with Gasteiger partial charge in [0.05, 0.1) is 3.79 Å². The lowest BCUT2D eigenvalue weighted by atomic mass is 10.3. The van der Waals surface area contributed by atoms with Gasteiger partial charge in [-0.25, -0.2) is 4.79 Å². The van der Waals surface area contributed by atoms with E-state index in [9.17, 15) is 4.79 Å². The summed E-state index contributed by atoms with van der Waals surface area (Å²) in [7, 11) is 3.90. The smallest absolute Gasteiger partial charge is 0.345 e. The summed E-state index contributed by atoms with van der Waals surface area (Å²) in [5.41, 5.74) is 1.02. The van der Waals surface area contributed by atoms with Crippen LogP contribution in [0, 0.1) is 0 Å². The van der Waals surface area contributed by atoms with Crippen LogP contribution in [-0.2, 0) is 6.54 Å². The molecule has 0 aliphatic rings. The molecule has 13 heavy (non-hydrogen) atoms. The summed E-state index contributed by atoms with van der Waals surface area (Å²) < 4.78 is 0.901. The van der Waals surface area contributed by atoms with Crippen molar-refractivity contribution in [2.75, 3.05) is 14.1 Å². The van der Waals surface area contributed by atoms with Gasteiger partial charge in [0.2, 0.25) is 0 Å². The summed E-state index contributed by atoms with van der Waals surface area (Å²) in [6.45, 7) is 0.754. The van der Waals surface area contributed by atoms with E-state index in [-0.39, 0.29) is 0 Å². The molecule has 0 aromatic carbocycles. The fraction of sp³-hybridized carbons (Fsp3) is 0.375. The van der Waals surface area contributed by atoms with Crippen LogP contribution in [0.4, 0.5) is 0 Å². The van der Waals surface area contributed by atoms with E-state index < -0.39 is 5.97 Å². The Balaban J connectivity index is 2.90. The molecule has 0 unspecified atom stereocenters. The maximum atomic E-state index is 10.6. The number of nitrogens with zero attached hydrogens (tertiary/aromatic N) is 1. The van der Waals surface area contributed by atoms with Crippen molar-refractivity contribution < 1.29 is 9.90 Å². The highest BCUT2D eigenvalue weighted by atomic mass is 79.9. The molecule has 3 nitrogen and oxygen atoms in total. The van der Waals surface area contributed by atoms with Gasteiger partial charge in [0.15, 0.2) is 0 Å². The molecular weight excluding hydrogens is 254 g/mol. The number of hydrogen-bond donors (Lipinski definition) is 1. The standard InChI is InChI=1S/C8H10BrNO2S/c1-10(2)4-5-3-6(8(11)12)13-7(5)9/h3H,4H2,1-2H3,(H,11,12). The van der Waals surface area contributed by atoms with E-state index in [0.717, 1.165) is 15.9 Å². The molecule has 0 radical (unpaired) electrons. The molecule has 1 aromatic heterocycles. The summed E-state index contributed by atoms with van der Waals surface area (Å²) >= 11 is 4.60. The normalized spacial score (nSPS) is 10.8. The molecule has 0 aliphatic carbocycles. The number of halogens is 1. The molecule has 1 aromatic rings. The van der Waals surface area contributed by atoms with Crippen LogP contribution in [0.25, 0.3) is 0 Å². The first kappa shape index (κ1) is 10.7. The number of hydrogen-bond acceptors (Lipinski definition) is 3. The van der Waals surface area contributed by atoms with Crippen molar-refractivity contribution >= 4 is 33.2 Å². The van der Waals surface area contributed by atoms with E-state index in [1.807, 2.05) is 19.0 Å². The maximum Gasteiger partial charge on any atom is 0.345 e. The Morgan fingerprint density at radius 1 is 1.69 bits per heavy atom. The summed E-state index contributed by atoms with van der Waals surface area (Å²) in [5, 5.41) is 8.73. The van der Waals surface area contributed by atoms with Crippen molar-refractivity contribution in [1.29, 1.82) is 0 Å². The summed E-state index contributed by atoms with van der Waals surface area (Å²) in [5.74, 6) is -0.865. The van der Waals surface area contributed by atoms with Gasteiger partial charge in [0.25, 0.3) is 0 Å². The van der Waals surface area contributed by atoms with E-state index in [1.54, 1.807) is 6.07 Å². The minimum atomic E-state index is -0.865. The minimum Gasteiger partial charge on any atom is -0.477 e. The van der Waals surface area contributed by atoms with E-state index >= 15 is 0 Å². The first-order valence-corrected chi connectivity index (χ1v) is 5.28. The van der Waals surface area contributed by atoms with Gasteiger partial charge in [0.1, 0.15) is 4.88 Å². The predicted molar refractivity (Wildman–Crippen MR) is 56.4 cm³/mol. The Labute approximate surface area is 89.1 Å². The van der Waals surface area contributed by atoms with Crippen LogP contribution in [0.3, 0.4) is 0 Å². The highest BCUT2D eigenvalue weighted by Crippen LogP contribution is 2.28. The topological polar surface area (TPSA) is 40.5 Å². The van der Waals surface area contributed by atoms with Crippen LogP contribution in [0.1, 0.15) is 15.2 Å². The lowest BCUT2D eigenvalue weighted by Crippen LogP contribution is -2.10. The number of rotatable bonds is 3. The average molecular weight is 264 g/mol. The van der Waals surface area contributed by atoms with Gasteiger partial charge >= 0.3 is 5.97 Å². The van der Waals surface area contributed by atoms with E-state index in [4.69, 9.17) is 5.11 Å². The summed E-state index contributed by atoms with van der Waals surface area (Å²) in [4.78, 5) is 13.0. The molecule has 1 rings (SSSR count). The second-order valence-corrected chi connectivity index (χ2v) is 5.32. The Morgan fingerprint density at radius 3 is 2.69 bits per heavy atom. The van der Waals surface area contributed by atoms with Crippen molar-refractivity contribution in [3.8, 4) is 0 Å². The molecule has 0 amide bonds. The lowest BCUT2D eigenvalue weighted by Gasteiger charge is -2.07. The van der Waals surface area contributed by atoms with Crippen LogP contribution in [0.15, 0.2) is 9.85 Å². The molecule has 1 heterocycles. The van der Waals surface area contributed by atoms with Gasteiger partial charge in [0, 0.05) is 6.54 Å². The van der Waals surface area contributed by atoms with Crippen molar-refractivity contribution in [2.24, 2.45) is 0 Å². The maximum absolute atomic E-state index is 10.6. The van der Waals surface area contributed by atoms with Crippen molar-refractivity contribution in [3.63, 3.8) is 0 Å². The SMILES string of the molecule is CN(C)Cc1cc(C(=O)O)sc1Br. The van der Waals surface area contributed by atoms with Crippen molar-refractivity contribution in [3.05, 3.63) is 20.3 Å². The zero-order chi connectivity index (χ0) is 10.0. The molecule has 0 aliphatic heterocycles. The first-order chi connectivity index (χ1) is 6.00. The minimum absolute atomic E-state index is 0.378. The summed E-state index contributed by atoms with van der Waals surface area (Å²) in [6, 6.07) is 1.71. The van der Waals surface area contributed by atoms with Gasteiger partial charge in [-0.3, -0.25) is 0 Å². The number of carboxylic acids is 1. The second-order valence-electron chi connectivity index (χ2n) is 2.95. The predicted octanol–water partition coefficient (Wildman–Crippen LogP) is 2.27. The zero-order valence-corrected chi connectivity index (χ0v) is 9.78. The zero-order valence-electron chi connectivity index (χ0n) is 7.37. The highest BCUT2D eigenvalue weighted by molar-refractivity contribution is 9.11. The molecule has 0 saturated heterocycles. The Hall–Kier alpha value is -0.390. The number of carboxylic acid groups (broad SMARTS) is 1. The third-order valence-electron chi connectivity index (χ3n) is 1.45. The number of aromatic carboxylic acids is 1. The third kappa shape index (κ3) is 2.79. The van der Waals surface area contributed by atoms with E-state index in [2.05, 4.69) is 15.9 Å². The molecule has 1 N–H and O–H groups in total. The number of thiophene rings is 1. The van der Waals surface area contributed by atoms with Crippen molar-refractivity contribution in [1.82, 2.24) is 4.90 Å². The number of carbonyl (C=O) groups is 1. The fourth-order valence-electron chi connectivity index (χ4n) is 0.960. The molecule has 0 saturated carbocycles. The van der Waals surface area contributed by atoms with Crippen LogP contribution < -0.4 is 0 Å². The Morgan fingerprint density at radius 2 is 2.31 bits per heavy atom. The largest absolute Gasteiger partial charge is 0.477 e. The Kier molecular flexibility index (Phi) is 3.47. The molecule has 5 heteroatoms. The van der Waals surface area contributed by atoms with Crippen LogP contribution >= 0.6 is 27.3 Å². The quantitative estimate of drug-likeness (QED) is 0.910. The summed E-state index contributed by atoms with van der Waals surface area (Å²) in [6.07, 6.45) is 0. The molecule has 0 bridgehead atoms. The highest BCUT2D eigenvalue weighted by Gasteiger charge is 2.11. The lowest BCUT2D eigenvalue weighted by molar-refractivity contribution is 0.0702. The van der Waals surface area contributed by atoms with Crippen LogP contribution in [0.2, 0.25) is 0 Å². The molecule has 72 valence electrons. The monoisotopic (exact) mass is 263 g/mol. The average Bonchev–Trinajstić information content (AvgIpc) is 2.31. The van der Waals surface area contributed by atoms with E-state index in [0.29, 0.717) is 4.88 Å². The van der Waals surface area contributed by atoms with Gasteiger partial charge in [-0.1, -0.05) is 0 Å². The second kappa shape index (κ2) is 4.21. The van der Waals surface area contributed by atoms with Crippen LogP contribution in [-0.4, -0.2) is 30.1 Å². The molecule has 0 fully saturated rings. The molecule has 0 spiro atoms. The Bertz CT molecular complexity index is 322. The van der Waals surface area contributed by atoms with Gasteiger partial charge < -0.3 is 10.0 Å². The van der Waals surface area contributed by atoms with Crippen molar-refractivity contribution in [2.45, 2.75) is 6.54 Å². The first-order valence-electron chi connectivity index (χ1n) is 3.67. The van der Waals surface area contributed by atoms with E-state index in [1.165, 1.54) is 11.3 Å². The third-order valence-corrected chi connectivity index (χ3v) is 3.40. The van der Waals surface area contributed by atoms with Gasteiger partial charge in [-0.15, -0.1) is 11.3 Å². The molecular formula is C8H10BrNO2S. The van der Waals surface area contributed by atoms with Crippen LogP contribution in [0.5, 0.6) is 0 Å².